The molecule has 0 bridgehead atoms. The van der Waals surface area contributed by atoms with Crippen LogP contribution in [0.4, 0.5) is 5.69 Å². The van der Waals surface area contributed by atoms with E-state index in [9.17, 15) is 10.1 Å². The smallest absolute Gasteiger partial charge is 0.283 e. The standard InChI is InChI=1S/C16H23BrN2O2/c1-12-5-7-13(8-6-12)9-10-18-11-14-3-2-4-15(16(14)17)19(20)21/h2-4,12-13,18H,5-11H2,1H3. The molecule has 0 spiro atoms. The van der Waals surface area contributed by atoms with Gasteiger partial charge in [-0.25, -0.2) is 0 Å². The highest BCUT2D eigenvalue weighted by molar-refractivity contribution is 9.10. The Labute approximate surface area is 134 Å². The van der Waals surface area contributed by atoms with Gasteiger partial charge in [0.2, 0.25) is 0 Å². The van der Waals surface area contributed by atoms with Crippen molar-refractivity contribution in [1.29, 1.82) is 0 Å². The van der Waals surface area contributed by atoms with E-state index >= 15 is 0 Å². The summed E-state index contributed by atoms with van der Waals surface area (Å²) < 4.78 is 0.592. The molecule has 0 radical (unpaired) electrons. The summed E-state index contributed by atoms with van der Waals surface area (Å²) in [6.07, 6.45) is 6.63. The maximum Gasteiger partial charge on any atom is 0.283 e. The zero-order valence-corrected chi connectivity index (χ0v) is 14.1. The molecule has 1 saturated carbocycles. The van der Waals surface area contributed by atoms with Crippen LogP contribution in [0.25, 0.3) is 0 Å². The first-order valence-electron chi connectivity index (χ1n) is 7.70. The molecule has 116 valence electrons. The average molecular weight is 355 g/mol. The van der Waals surface area contributed by atoms with Gasteiger partial charge in [-0.2, -0.15) is 0 Å². The first-order chi connectivity index (χ1) is 10.1. The molecule has 1 aliphatic carbocycles. The Kier molecular flexibility index (Phi) is 6.18. The topological polar surface area (TPSA) is 55.2 Å². The lowest BCUT2D eigenvalue weighted by Gasteiger charge is -2.26. The van der Waals surface area contributed by atoms with E-state index in [1.165, 1.54) is 38.2 Å². The van der Waals surface area contributed by atoms with Crippen molar-refractivity contribution in [2.75, 3.05) is 6.54 Å². The van der Waals surface area contributed by atoms with E-state index in [-0.39, 0.29) is 10.6 Å². The Morgan fingerprint density at radius 3 is 2.71 bits per heavy atom. The Bertz CT molecular complexity index is 485. The van der Waals surface area contributed by atoms with Crippen LogP contribution >= 0.6 is 15.9 Å². The van der Waals surface area contributed by atoms with Crippen molar-refractivity contribution in [2.45, 2.75) is 45.6 Å². The third kappa shape index (κ3) is 4.78. The molecule has 0 heterocycles. The summed E-state index contributed by atoms with van der Waals surface area (Å²) in [5, 5.41) is 14.3. The van der Waals surface area contributed by atoms with Crippen LogP contribution < -0.4 is 5.32 Å². The number of nitro groups is 1. The van der Waals surface area contributed by atoms with E-state index in [0.29, 0.717) is 11.0 Å². The third-order valence-corrected chi connectivity index (χ3v) is 5.35. The fourth-order valence-electron chi connectivity index (χ4n) is 2.99. The van der Waals surface area contributed by atoms with Crippen molar-refractivity contribution < 1.29 is 4.92 Å². The molecular formula is C16H23BrN2O2. The lowest BCUT2D eigenvalue weighted by Crippen LogP contribution is -2.20. The SMILES string of the molecule is CC1CCC(CCNCc2cccc([N+](=O)[O-])c2Br)CC1. The number of halogens is 1. The van der Waals surface area contributed by atoms with Crippen LogP contribution in [0.2, 0.25) is 0 Å². The quantitative estimate of drug-likeness (QED) is 0.459. The van der Waals surface area contributed by atoms with Gasteiger partial charge in [0.25, 0.3) is 5.69 Å². The molecule has 0 atom stereocenters. The van der Waals surface area contributed by atoms with Gasteiger partial charge in [0.1, 0.15) is 0 Å². The van der Waals surface area contributed by atoms with E-state index < -0.39 is 0 Å². The monoisotopic (exact) mass is 354 g/mol. The Morgan fingerprint density at radius 1 is 1.33 bits per heavy atom. The summed E-state index contributed by atoms with van der Waals surface area (Å²) in [6, 6.07) is 5.19. The fourth-order valence-corrected chi connectivity index (χ4v) is 3.54. The van der Waals surface area contributed by atoms with Crippen LogP contribution in [0.1, 0.15) is 44.6 Å². The van der Waals surface area contributed by atoms with Crippen LogP contribution in [-0.2, 0) is 6.54 Å². The van der Waals surface area contributed by atoms with Crippen molar-refractivity contribution in [3.05, 3.63) is 38.3 Å². The number of benzene rings is 1. The molecule has 0 aromatic heterocycles. The molecular weight excluding hydrogens is 332 g/mol. The highest BCUT2D eigenvalue weighted by Crippen LogP contribution is 2.30. The predicted molar refractivity (Wildman–Crippen MR) is 88.2 cm³/mol. The molecule has 1 aliphatic rings. The highest BCUT2D eigenvalue weighted by atomic mass is 79.9. The maximum absolute atomic E-state index is 10.9. The zero-order chi connectivity index (χ0) is 15.2. The minimum absolute atomic E-state index is 0.135. The summed E-state index contributed by atoms with van der Waals surface area (Å²) in [5.41, 5.74) is 1.08. The highest BCUT2D eigenvalue weighted by Gasteiger charge is 2.18. The van der Waals surface area contributed by atoms with Crippen molar-refractivity contribution in [2.24, 2.45) is 11.8 Å². The zero-order valence-electron chi connectivity index (χ0n) is 12.5. The van der Waals surface area contributed by atoms with Crippen LogP contribution in [0.15, 0.2) is 22.7 Å². The van der Waals surface area contributed by atoms with E-state index in [4.69, 9.17) is 0 Å². The minimum atomic E-state index is -0.350. The second-order valence-electron chi connectivity index (χ2n) is 6.10. The first-order valence-corrected chi connectivity index (χ1v) is 8.49. The molecule has 0 amide bonds. The normalized spacial score (nSPS) is 22.2. The molecule has 0 aliphatic heterocycles. The van der Waals surface area contributed by atoms with Gasteiger partial charge >= 0.3 is 0 Å². The molecule has 1 aromatic rings. The second kappa shape index (κ2) is 7.90. The molecule has 0 unspecified atom stereocenters. The van der Waals surface area contributed by atoms with Gasteiger partial charge in [-0.15, -0.1) is 0 Å². The van der Waals surface area contributed by atoms with Gasteiger partial charge in [-0.3, -0.25) is 10.1 Å². The van der Waals surface area contributed by atoms with Crippen molar-refractivity contribution in [1.82, 2.24) is 5.32 Å². The van der Waals surface area contributed by atoms with Gasteiger partial charge in [-0.05, 0) is 46.3 Å². The van der Waals surface area contributed by atoms with Gasteiger partial charge in [-0.1, -0.05) is 44.7 Å². The summed E-state index contributed by atoms with van der Waals surface area (Å²) in [4.78, 5) is 10.5. The van der Waals surface area contributed by atoms with Crippen molar-refractivity contribution in [3.63, 3.8) is 0 Å². The Hall–Kier alpha value is -0.940. The van der Waals surface area contributed by atoms with Gasteiger partial charge in [0.15, 0.2) is 0 Å². The Morgan fingerprint density at radius 2 is 2.05 bits per heavy atom. The number of hydrogen-bond acceptors (Lipinski definition) is 3. The van der Waals surface area contributed by atoms with Gasteiger partial charge in [0.05, 0.1) is 9.40 Å². The average Bonchev–Trinajstić information content (AvgIpc) is 2.46. The van der Waals surface area contributed by atoms with Gasteiger partial charge < -0.3 is 5.32 Å². The van der Waals surface area contributed by atoms with Crippen LogP contribution in [0.3, 0.4) is 0 Å². The summed E-state index contributed by atoms with van der Waals surface area (Å²) in [7, 11) is 0. The van der Waals surface area contributed by atoms with Crippen LogP contribution in [-0.4, -0.2) is 11.5 Å². The number of hydrogen-bond donors (Lipinski definition) is 1. The van der Waals surface area contributed by atoms with Crippen molar-refractivity contribution >= 4 is 21.6 Å². The Balaban J connectivity index is 1.76. The largest absolute Gasteiger partial charge is 0.313 e. The lowest BCUT2D eigenvalue weighted by molar-refractivity contribution is -0.385. The molecule has 4 nitrogen and oxygen atoms in total. The third-order valence-electron chi connectivity index (χ3n) is 4.44. The summed E-state index contributed by atoms with van der Waals surface area (Å²) in [6.45, 7) is 3.99. The summed E-state index contributed by atoms with van der Waals surface area (Å²) in [5.74, 6) is 1.75. The first kappa shape index (κ1) is 16.4. The fraction of sp³-hybridized carbons (Fsp3) is 0.625. The van der Waals surface area contributed by atoms with Crippen LogP contribution in [0, 0.1) is 22.0 Å². The number of nitrogens with zero attached hydrogens (tertiary/aromatic N) is 1. The number of rotatable bonds is 6. The molecule has 1 fully saturated rings. The number of nitrogens with one attached hydrogen (secondary N) is 1. The van der Waals surface area contributed by atoms with E-state index in [0.717, 1.165) is 23.9 Å². The van der Waals surface area contributed by atoms with E-state index in [1.54, 1.807) is 6.07 Å². The molecule has 0 saturated heterocycles. The van der Waals surface area contributed by atoms with Crippen LogP contribution in [0.5, 0.6) is 0 Å². The summed E-state index contributed by atoms with van der Waals surface area (Å²) >= 11 is 3.34. The number of nitro benzene ring substituents is 1. The van der Waals surface area contributed by atoms with Gasteiger partial charge in [0, 0.05) is 12.6 Å². The molecule has 21 heavy (non-hydrogen) atoms. The molecule has 2 rings (SSSR count). The molecule has 1 N–H and O–H groups in total. The predicted octanol–water partition coefficient (Wildman–Crippen LogP) is 4.66. The molecule has 1 aromatic carbocycles. The minimum Gasteiger partial charge on any atom is -0.313 e. The molecule has 5 heteroatoms. The lowest BCUT2D eigenvalue weighted by atomic mass is 9.81. The van der Waals surface area contributed by atoms with E-state index in [1.807, 2.05) is 6.07 Å². The van der Waals surface area contributed by atoms with E-state index in [2.05, 4.69) is 28.2 Å². The second-order valence-corrected chi connectivity index (χ2v) is 6.89. The maximum atomic E-state index is 10.9. The van der Waals surface area contributed by atoms with Crippen molar-refractivity contribution in [3.8, 4) is 0 Å².